The van der Waals surface area contributed by atoms with Crippen molar-refractivity contribution in [3.63, 3.8) is 0 Å². The Balaban J connectivity index is 1.87. The van der Waals surface area contributed by atoms with Crippen LogP contribution in [-0.4, -0.2) is 49.8 Å². The van der Waals surface area contributed by atoms with Gasteiger partial charge in [-0.1, -0.05) is 0 Å². The molecule has 32 heavy (non-hydrogen) atoms. The van der Waals surface area contributed by atoms with Crippen LogP contribution in [0.3, 0.4) is 0 Å². The lowest BCUT2D eigenvalue weighted by Gasteiger charge is -2.16. The van der Waals surface area contributed by atoms with Crippen LogP contribution in [0, 0.1) is 6.92 Å². The highest BCUT2D eigenvalue weighted by Crippen LogP contribution is 2.29. The second-order valence-electron chi connectivity index (χ2n) is 7.02. The number of aryl methyl sites for hydroxylation is 1. The van der Waals surface area contributed by atoms with E-state index in [9.17, 15) is 13.2 Å². The highest BCUT2D eigenvalue weighted by atomic mass is 32.2. The van der Waals surface area contributed by atoms with Crippen molar-refractivity contribution < 1.29 is 27.4 Å². The molecule has 3 rings (SSSR count). The molecule has 0 aliphatic heterocycles. The van der Waals surface area contributed by atoms with E-state index in [1.54, 1.807) is 44.4 Å². The molecule has 9 nitrogen and oxygen atoms in total. The molecule has 1 atom stereocenters. The highest BCUT2D eigenvalue weighted by molar-refractivity contribution is 7.90. The second-order valence-corrected chi connectivity index (χ2v) is 9.79. The molecule has 0 saturated carbocycles. The predicted octanol–water partition coefficient (Wildman–Crippen LogP) is 3.71. The highest BCUT2D eigenvalue weighted by Gasteiger charge is 2.15. The van der Waals surface area contributed by atoms with Crippen LogP contribution in [0.4, 0.5) is 5.13 Å². The molecule has 11 heteroatoms. The van der Waals surface area contributed by atoms with Gasteiger partial charge in [-0.25, -0.2) is 13.4 Å². The lowest BCUT2D eigenvalue weighted by Crippen LogP contribution is -2.18. The van der Waals surface area contributed by atoms with Gasteiger partial charge in [0.1, 0.15) is 29.2 Å². The lowest BCUT2D eigenvalue weighted by molar-refractivity contribution is 0.0916. The molecule has 1 amide bonds. The summed E-state index contributed by atoms with van der Waals surface area (Å²) in [7, 11) is -1.74. The Morgan fingerprint density at radius 3 is 2.41 bits per heavy atom. The summed E-state index contributed by atoms with van der Waals surface area (Å²) in [6.45, 7) is 3.94. The predicted molar refractivity (Wildman–Crippen MR) is 121 cm³/mol. The van der Waals surface area contributed by atoms with Gasteiger partial charge in [-0.05, 0) is 50.2 Å². The number of nitrogens with zero attached hydrogens (tertiary/aromatic N) is 2. The fraction of sp³-hybridized carbons (Fsp3) is 0.286. The summed E-state index contributed by atoms with van der Waals surface area (Å²) in [5.74, 6) is 1.34. The van der Waals surface area contributed by atoms with Crippen LogP contribution in [0.25, 0.3) is 0 Å². The van der Waals surface area contributed by atoms with E-state index in [0.717, 1.165) is 17.8 Å². The van der Waals surface area contributed by atoms with Crippen molar-refractivity contribution >= 4 is 32.4 Å². The van der Waals surface area contributed by atoms with E-state index in [0.29, 0.717) is 40.4 Å². The number of carbonyl (C=O) groups is 1. The van der Waals surface area contributed by atoms with Gasteiger partial charge in [0.15, 0.2) is 9.84 Å². The molecule has 0 radical (unpaired) electrons. The molecule has 1 aromatic heterocycles. The van der Waals surface area contributed by atoms with Gasteiger partial charge in [0, 0.05) is 36.5 Å². The summed E-state index contributed by atoms with van der Waals surface area (Å²) in [6, 6.07) is 10.8. The largest absolute Gasteiger partial charge is 0.488 e. The van der Waals surface area contributed by atoms with E-state index in [1.165, 1.54) is 12.1 Å². The number of rotatable bonds is 9. The molecule has 1 N–H and O–H groups in total. The third-order valence-electron chi connectivity index (χ3n) is 4.12. The topological polar surface area (TPSA) is 117 Å². The van der Waals surface area contributed by atoms with Gasteiger partial charge in [0.25, 0.3) is 5.91 Å². The molecule has 1 unspecified atom stereocenters. The zero-order valence-electron chi connectivity index (χ0n) is 18.0. The molecule has 0 bridgehead atoms. The van der Waals surface area contributed by atoms with Gasteiger partial charge in [-0.15, -0.1) is 0 Å². The Kier molecular flexibility index (Phi) is 7.44. The maximum atomic E-state index is 12.8. The first-order valence-electron chi connectivity index (χ1n) is 9.54. The van der Waals surface area contributed by atoms with Crippen LogP contribution < -0.4 is 14.8 Å². The Morgan fingerprint density at radius 2 is 1.81 bits per heavy atom. The minimum atomic E-state index is -3.31. The fourth-order valence-corrected chi connectivity index (χ4v) is 3.94. The van der Waals surface area contributed by atoms with Crippen molar-refractivity contribution in [1.29, 1.82) is 0 Å². The number of hydrogen-bond donors (Lipinski definition) is 1. The van der Waals surface area contributed by atoms with Gasteiger partial charge in [-0.3, -0.25) is 10.1 Å². The summed E-state index contributed by atoms with van der Waals surface area (Å²) in [5.41, 5.74) is 0.294. The lowest BCUT2D eigenvalue weighted by atomic mass is 10.2. The summed E-state index contributed by atoms with van der Waals surface area (Å²) in [4.78, 5) is 17.1. The molecule has 0 fully saturated rings. The van der Waals surface area contributed by atoms with Gasteiger partial charge in [-0.2, -0.15) is 4.37 Å². The summed E-state index contributed by atoms with van der Waals surface area (Å²) >= 11 is 1.08. The van der Waals surface area contributed by atoms with Crippen LogP contribution in [0.5, 0.6) is 17.2 Å². The first kappa shape index (κ1) is 23.6. The Morgan fingerprint density at radius 1 is 1.12 bits per heavy atom. The van der Waals surface area contributed by atoms with Crippen LogP contribution in [-0.2, 0) is 14.6 Å². The number of sulfone groups is 1. The quantitative estimate of drug-likeness (QED) is 0.496. The van der Waals surface area contributed by atoms with Crippen molar-refractivity contribution in [2.45, 2.75) is 24.8 Å². The SMILES string of the molecule is COCC(C)Oc1cc(Oc2ccc(S(C)(=O)=O)cc2)cc(C(=O)Nc2nc(C)ns2)c1. The van der Waals surface area contributed by atoms with Gasteiger partial charge >= 0.3 is 0 Å². The standard InChI is InChI=1S/C21H23N3O6S2/c1-13(12-28-3)29-17-9-15(20(25)23-21-22-14(2)24-31-21)10-18(11-17)30-16-5-7-19(8-6-16)32(4,26)27/h5-11,13H,12H2,1-4H3,(H,22,23,24,25). The number of anilines is 1. The molecule has 1 heterocycles. The summed E-state index contributed by atoms with van der Waals surface area (Å²) in [5, 5.41) is 3.08. The average Bonchev–Trinajstić information content (AvgIpc) is 3.12. The van der Waals surface area contributed by atoms with E-state index < -0.39 is 15.7 Å². The molecular formula is C21H23N3O6S2. The van der Waals surface area contributed by atoms with Crippen LogP contribution in [0.1, 0.15) is 23.1 Å². The van der Waals surface area contributed by atoms with Gasteiger partial charge in [0.2, 0.25) is 5.13 Å². The molecule has 2 aromatic carbocycles. The summed E-state index contributed by atoms with van der Waals surface area (Å²) in [6.07, 6.45) is 0.876. The Labute approximate surface area is 190 Å². The fourth-order valence-electron chi connectivity index (χ4n) is 2.74. The number of benzene rings is 2. The molecule has 0 aliphatic carbocycles. The zero-order valence-corrected chi connectivity index (χ0v) is 19.6. The van der Waals surface area contributed by atoms with Crippen molar-refractivity contribution in [2.75, 3.05) is 25.3 Å². The second kappa shape index (κ2) is 10.1. The monoisotopic (exact) mass is 477 g/mol. The van der Waals surface area contributed by atoms with E-state index in [4.69, 9.17) is 14.2 Å². The normalized spacial score (nSPS) is 12.2. The van der Waals surface area contributed by atoms with Crippen molar-refractivity contribution in [2.24, 2.45) is 0 Å². The number of aromatic nitrogens is 2. The number of methoxy groups -OCH3 is 1. The maximum absolute atomic E-state index is 12.8. The van der Waals surface area contributed by atoms with Crippen LogP contribution in [0.2, 0.25) is 0 Å². The van der Waals surface area contributed by atoms with E-state index >= 15 is 0 Å². The Bertz CT molecular complexity index is 1190. The molecule has 0 aliphatic rings. The number of amides is 1. The van der Waals surface area contributed by atoms with Gasteiger partial charge < -0.3 is 14.2 Å². The van der Waals surface area contributed by atoms with Gasteiger partial charge in [0.05, 0.1) is 11.5 Å². The smallest absolute Gasteiger partial charge is 0.257 e. The molecule has 3 aromatic rings. The zero-order chi connectivity index (χ0) is 23.3. The van der Waals surface area contributed by atoms with Crippen LogP contribution >= 0.6 is 11.5 Å². The average molecular weight is 478 g/mol. The number of carbonyl (C=O) groups excluding carboxylic acids is 1. The first-order chi connectivity index (χ1) is 15.1. The maximum Gasteiger partial charge on any atom is 0.257 e. The first-order valence-corrected chi connectivity index (χ1v) is 12.2. The molecule has 0 spiro atoms. The third-order valence-corrected chi connectivity index (χ3v) is 5.97. The minimum Gasteiger partial charge on any atom is -0.488 e. The minimum absolute atomic E-state index is 0.183. The van der Waals surface area contributed by atoms with Crippen molar-refractivity contribution in [3.05, 3.63) is 53.9 Å². The van der Waals surface area contributed by atoms with Crippen molar-refractivity contribution in [1.82, 2.24) is 9.36 Å². The third kappa shape index (κ3) is 6.49. The number of hydrogen-bond acceptors (Lipinski definition) is 9. The molecular weight excluding hydrogens is 454 g/mol. The van der Waals surface area contributed by atoms with E-state index in [2.05, 4.69) is 14.7 Å². The van der Waals surface area contributed by atoms with E-state index in [-0.39, 0.29) is 11.0 Å². The Hall–Kier alpha value is -3.02. The number of nitrogens with one attached hydrogen (secondary N) is 1. The molecule has 170 valence electrons. The molecule has 0 saturated heterocycles. The van der Waals surface area contributed by atoms with Crippen molar-refractivity contribution in [3.8, 4) is 17.2 Å². The summed E-state index contributed by atoms with van der Waals surface area (Å²) < 4.78 is 44.2. The number of ether oxygens (including phenoxy) is 3. The van der Waals surface area contributed by atoms with Crippen LogP contribution in [0.15, 0.2) is 47.4 Å². The van der Waals surface area contributed by atoms with E-state index in [1.807, 2.05) is 6.92 Å².